The van der Waals surface area contributed by atoms with Gasteiger partial charge in [0.15, 0.2) is 0 Å². The lowest BCUT2D eigenvalue weighted by atomic mass is 9.71. The van der Waals surface area contributed by atoms with Gasteiger partial charge in [0.1, 0.15) is 17.5 Å². The average molecular weight is 381 g/mol. The second-order valence-corrected chi connectivity index (χ2v) is 8.51. The fraction of sp³-hybridized carbons (Fsp3) is 0.600. The van der Waals surface area contributed by atoms with Crippen LogP contribution in [0, 0.1) is 37.5 Å². The van der Waals surface area contributed by atoms with Crippen LogP contribution in [0.1, 0.15) is 80.0 Å². The van der Waals surface area contributed by atoms with Crippen molar-refractivity contribution in [2.45, 2.75) is 71.6 Å². The molecule has 1 heterocycles. The highest BCUT2D eigenvalue weighted by Crippen LogP contribution is 2.37. The van der Waals surface area contributed by atoms with Gasteiger partial charge in [0.2, 0.25) is 0 Å². The van der Waals surface area contributed by atoms with Crippen molar-refractivity contribution in [2.75, 3.05) is 13.2 Å². The van der Waals surface area contributed by atoms with E-state index in [9.17, 15) is 9.59 Å². The van der Waals surface area contributed by atoms with Gasteiger partial charge in [-0.1, -0.05) is 18.8 Å². The summed E-state index contributed by atoms with van der Waals surface area (Å²) in [6.45, 7) is 7.75. The number of unbranched alkanes of at least 4 members (excludes halogenated alkanes) is 1. The predicted octanol–water partition coefficient (Wildman–Crippen LogP) is 4.90. The van der Waals surface area contributed by atoms with Crippen molar-refractivity contribution in [3.8, 4) is 11.8 Å². The molecule has 3 rings (SSSR count). The smallest absolute Gasteiger partial charge is 0.148 e. The molecule has 1 aromatic rings. The molecule has 1 aromatic carbocycles. The number of carbonyl (C=O) groups excluding carboxylic acids is 2. The Bertz CT molecular complexity index is 749. The van der Waals surface area contributed by atoms with Gasteiger partial charge in [0.25, 0.3) is 0 Å². The minimum Gasteiger partial charge on any atom is -0.381 e. The van der Waals surface area contributed by atoms with Gasteiger partial charge in [0.05, 0.1) is 0 Å². The Kier molecular flexibility index (Phi) is 7.08. The van der Waals surface area contributed by atoms with Crippen LogP contribution in [0.25, 0.3) is 0 Å². The van der Waals surface area contributed by atoms with Crippen LogP contribution in [0.15, 0.2) is 12.1 Å². The summed E-state index contributed by atoms with van der Waals surface area (Å²) in [6, 6.07) is 4.05. The Morgan fingerprint density at radius 1 is 1.00 bits per heavy atom. The first kappa shape index (κ1) is 20.8. The number of Topliss-reactive ketones (excluding diaryl/α,β-unsaturated/α-hetero) is 2. The third kappa shape index (κ3) is 4.92. The molecular weight excluding hydrogens is 348 g/mol. The second kappa shape index (κ2) is 9.52. The van der Waals surface area contributed by atoms with Gasteiger partial charge >= 0.3 is 0 Å². The van der Waals surface area contributed by atoms with Crippen molar-refractivity contribution in [2.24, 2.45) is 11.8 Å². The van der Waals surface area contributed by atoms with Gasteiger partial charge in [-0.2, -0.15) is 0 Å². The van der Waals surface area contributed by atoms with E-state index < -0.39 is 5.92 Å². The second-order valence-electron chi connectivity index (χ2n) is 8.51. The van der Waals surface area contributed by atoms with E-state index >= 15 is 0 Å². The monoisotopic (exact) mass is 380 g/mol. The first-order valence-corrected chi connectivity index (χ1v) is 10.7. The number of aryl methyl sites for hydroxylation is 2. The fourth-order valence-corrected chi connectivity index (χ4v) is 4.79. The van der Waals surface area contributed by atoms with Gasteiger partial charge in [-0.3, -0.25) is 9.59 Å². The van der Waals surface area contributed by atoms with E-state index in [1.807, 2.05) is 26.0 Å². The molecule has 0 bridgehead atoms. The Morgan fingerprint density at radius 2 is 1.61 bits per heavy atom. The van der Waals surface area contributed by atoms with Crippen LogP contribution < -0.4 is 0 Å². The lowest BCUT2D eigenvalue weighted by molar-refractivity contribution is -0.134. The molecule has 1 saturated carbocycles. The molecule has 2 aliphatic rings. The molecule has 3 heteroatoms. The summed E-state index contributed by atoms with van der Waals surface area (Å²) in [7, 11) is 0. The third-order valence-corrected chi connectivity index (χ3v) is 6.12. The number of benzene rings is 1. The minimum absolute atomic E-state index is 0.101. The number of ketones is 2. The Balaban J connectivity index is 1.74. The number of rotatable bonds is 4. The summed E-state index contributed by atoms with van der Waals surface area (Å²) >= 11 is 0. The summed E-state index contributed by atoms with van der Waals surface area (Å²) in [5.41, 5.74) is 3.91. The Hall–Kier alpha value is -1.92. The van der Waals surface area contributed by atoms with Crippen molar-refractivity contribution in [3.63, 3.8) is 0 Å². The summed E-state index contributed by atoms with van der Waals surface area (Å²) in [4.78, 5) is 26.0. The molecule has 0 aromatic heterocycles. The fourth-order valence-electron chi connectivity index (χ4n) is 4.79. The number of hydrogen-bond donors (Lipinski definition) is 0. The maximum atomic E-state index is 13.0. The number of ether oxygens (including phenoxy) is 1. The molecule has 150 valence electrons. The van der Waals surface area contributed by atoms with Crippen molar-refractivity contribution in [1.82, 2.24) is 0 Å². The predicted molar refractivity (Wildman–Crippen MR) is 111 cm³/mol. The van der Waals surface area contributed by atoms with E-state index in [1.165, 1.54) is 0 Å². The minimum atomic E-state index is -0.580. The zero-order valence-corrected chi connectivity index (χ0v) is 17.5. The van der Waals surface area contributed by atoms with E-state index in [4.69, 9.17) is 4.74 Å². The van der Waals surface area contributed by atoms with E-state index in [0.29, 0.717) is 18.8 Å². The van der Waals surface area contributed by atoms with E-state index in [2.05, 4.69) is 18.8 Å². The maximum absolute atomic E-state index is 13.0. The summed E-state index contributed by atoms with van der Waals surface area (Å²) in [5, 5.41) is 0. The van der Waals surface area contributed by atoms with E-state index in [0.717, 1.165) is 67.6 Å². The topological polar surface area (TPSA) is 43.4 Å². The molecule has 0 radical (unpaired) electrons. The maximum Gasteiger partial charge on any atom is 0.148 e. The van der Waals surface area contributed by atoms with Crippen molar-refractivity contribution < 1.29 is 14.3 Å². The van der Waals surface area contributed by atoms with Crippen molar-refractivity contribution >= 4 is 11.6 Å². The molecule has 0 atom stereocenters. The van der Waals surface area contributed by atoms with Crippen LogP contribution >= 0.6 is 0 Å². The van der Waals surface area contributed by atoms with Gasteiger partial charge < -0.3 is 4.74 Å². The molecular formula is C25H32O3. The lowest BCUT2D eigenvalue weighted by Gasteiger charge is -2.31. The van der Waals surface area contributed by atoms with Crippen LogP contribution in [-0.2, 0) is 14.3 Å². The molecule has 0 spiro atoms. The van der Waals surface area contributed by atoms with Crippen LogP contribution in [0.3, 0.4) is 0 Å². The molecule has 0 amide bonds. The SMILES string of the molecule is CCCC#Cc1cc(C)c(C2C(=O)CC(CC3CCOCC3)CC2=O)c(C)c1. The molecule has 28 heavy (non-hydrogen) atoms. The lowest BCUT2D eigenvalue weighted by Crippen LogP contribution is -2.34. The van der Waals surface area contributed by atoms with Gasteiger partial charge in [0, 0.05) is 38.0 Å². The first-order valence-electron chi connectivity index (χ1n) is 10.7. The largest absolute Gasteiger partial charge is 0.381 e. The summed E-state index contributed by atoms with van der Waals surface area (Å²) in [5.74, 6) is 6.80. The number of hydrogen-bond acceptors (Lipinski definition) is 3. The van der Waals surface area contributed by atoms with Crippen LogP contribution in [0.5, 0.6) is 0 Å². The molecule has 0 N–H and O–H groups in total. The van der Waals surface area contributed by atoms with Gasteiger partial charge in [-0.15, -0.1) is 0 Å². The Labute approximate surface area is 169 Å². The highest BCUT2D eigenvalue weighted by atomic mass is 16.5. The standard InChI is InChI=1S/C25H32O3/c1-4-5-6-7-20-12-17(2)24(18(3)13-20)25-22(26)15-21(16-23(25)27)14-19-8-10-28-11-9-19/h12-13,19,21,25H,4-5,8-11,14-16H2,1-3H3. The summed E-state index contributed by atoms with van der Waals surface area (Å²) in [6.07, 6.45) is 6.09. The van der Waals surface area contributed by atoms with Crippen molar-refractivity contribution in [1.29, 1.82) is 0 Å². The van der Waals surface area contributed by atoms with Crippen LogP contribution in [0.2, 0.25) is 0 Å². The number of carbonyl (C=O) groups is 2. The summed E-state index contributed by atoms with van der Waals surface area (Å²) < 4.78 is 5.43. The van der Waals surface area contributed by atoms with Crippen molar-refractivity contribution in [3.05, 3.63) is 34.4 Å². The highest BCUT2D eigenvalue weighted by molar-refractivity contribution is 6.10. The highest BCUT2D eigenvalue weighted by Gasteiger charge is 2.38. The van der Waals surface area contributed by atoms with Gasteiger partial charge in [-0.05, 0) is 80.2 Å². The molecule has 2 fully saturated rings. The third-order valence-electron chi connectivity index (χ3n) is 6.12. The average Bonchev–Trinajstić information content (AvgIpc) is 2.64. The zero-order chi connectivity index (χ0) is 20.1. The quantitative estimate of drug-likeness (QED) is 0.551. The molecule has 1 aliphatic heterocycles. The van der Waals surface area contributed by atoms with E-state index in [1.54, 1.807) is 0 Å². The Morgan fingerprint density at radius 3 is 2.18 bits per heavy atom. The first-order chi connectivity index (χ1) is 13.5. The van der Waals surface area contributed by atoms with Crippen LogP contribution in [-0.4, -0.2) is 24.8 Å². The molecule has 1 aliphatic carbocycles. The van der Waals surface area contributed by atoms with Gasteiger partial charge in [-0.25, -0.2) is 0 Å². The zero-order valence-electron chi connectivity index (χ0n) is 17.5. The van der Waals surface area contributed by atoms with E-state index in [-0.39, 0.29) is 17.5 Å². The van der Waals surface area contributed by atoms with Crippen LogP contribution in [0.4, 0.5) is 0 Å². The molecule has 0 unspecified atom stereocenters. The molecule has 3 nitrogen and oxygen atoms in total. The molecule has 1 saturated heterocycles. The normalized spacial score (nSPS) is 23.4.